The average molecular weight is 396 g/mol. The number of nitrogens with one attached hydrogen (secondary N) is 2. The molecule has 0 aliphatic heterocycles. The van der Waals surface area contributed by atoms with Gasteiger partial charge in [-0.05, 0) is 60.7 Å². The molecule has 0 saturated carbocycles. The quantitative estimate of drug-likeness (QED) is 0.444. The minimum Gasteiger partial charge on any atom is -0.478 e. The molecule has 0 heterocycles. The van der Waals surface area contributed by atoms with E-state index < -0.39 is 19.4 Å². The second-order valence-electron chi connectivity index (χ2n) is 5.93. The predicted molar refractivity (Wildman–Crippen MR) is 108 cm³/mol. The topological polar surface area (TPSA) is 116 Å². The van der Waals surface area contributed by atoms with Crippen molar-refractivity contribution in [2.45, 2.75) is 0 Å². The van der Waals surface area contributed by atoms with Crippen molar-refractivity contribution in [3.05, 3.63) is 90.0 Å². The lowest BCUT2D eigenvalue weighted by Crippen LogP contribution is -2.18. The van der Waals surface area contributed by atoms with Crippen LogP contribution in [-0.2, 0) is 4.57 Å². The van der Waals surface area contributed by atoms with Crippen LogP contribution in [-0.4, -0.2) is 22.2 Å². The summed E-state index contributed by atoms with van der Waals surface area (Å²) in [6.07, 6.45) is 0. The largest absolute Gasteiger partial charge is 0.478 e. The lowest BCUT2D eigenvalue weighted by molar-refractivity contribution is 0.0686. The molecule has 142 valence electrons. The van der Waals surface area contributed by atoms with E-state index in [1.165, 1.54) is 48.5 Å². The molecular formula is C20H17N2O5P. The number of benzene rings is 3. The van der Waals surface area contributed by atoms with Gasteiger partial charge < -0.3 is 20.4 Å². The Morgan fingerprint density at radius 1 is 0.643 bits per heavy atom. The van der Waals surface area contributed by atoms with Gasteiger partial charge >= 0.3 is 11.9 Å². The number of anilines is 2. The maximum absolute atomic E-state index is 13.7. The van der Waals surface area contributed by atoms with Gasteiger partial charge in [0.25, 0.3) is 7.44 Å². The van der Waals surface area contributed by atoms with Crippen LogP contribution in [0.3, 0.4) is 0 Å². The predicted octanol–water partition coefficient (Wildman–Crippen LogP) is 4.13. The number of rotatable bonds is 7. The lowest BCUT2D eigenvalue weighted by atomic mass is 10.2. The molecule has 0 spiro atoms. The smallest absolute Gasteiger partial charge is 0.335 e. The maximum Gasteiger partial charge on any atom is 0.335 e. The fraction of sp³-hybridized carbons (Fsp3) is 0. The second kappa shape index (κ2) is 7.98. The molecule has 7 nitrogen and oxygen atoms in total. The van der Waals surface area contributed by atoms with E-state index in [0.717, 1.165) is 0 Å². The molecule has 0 bridgehead atoms. The van der Waals surface area contributed by atoms with E-state index in [1.54, 1.807) is 30.3 Å². The summed E-state index contributed by atoms with van der Waals surface area (Å²) in [5.74, 6) is -2.09. The summed E-state index contributed by atoms with van der Waals surface area (Å²) in [5, 5.41) is 24.5. The summed E-state index contributed by atoms with van der Waals surface area (Å²) in [7, 11) is -3.39. The van der Waals surface area contributed by atoms with Crippen molar-refractivity contribution in [2.24, 2.45) is 0 Å². The van der Waals surface area contributed by atoms with Crippen molar-refractivity contribution in [1.29, 1.82) is 0 Å². The van der Waals surface area contributed by atoms with Crippen LogP contribution in [0, 0.1) is 0 Å². The van der Waals surface area contributed by atoms with E-state index in [-0.39, 0.29) is 11.1 Å². The fourth-order valence-electron chi connectivity index (χ4n) is 2.53. The SMILES string of the molecule is O=C(O)c1ccc(NP(=O)(Nc2ccc(C(=O)O)cc2)c2ccccc2)cc1. The van der Waals surface area contributed by atoms with Crippen LogP contribution in [0.15, 0.2) is 78.9 Å². The first-order chi connectivity index (χ1) is 13.4. The molecule has 8 heteroatoms. The standard InChI is InChI=1S/C20H17N2O5P/c23-19(24)14-6-10-16(11-7-14)21-28(27,18-4-2-1-3-5-18)22-17-12-8-15(9-13-17)20(25)26/h1-13H,(H,23,24)(H,25,26)(H2,21,22,27). The summed E-state index contributed by atoms with van der Waals surface area (Å²) >= 11 is 0. The number of hydrogen-bond donors (Lipinski definition) is 4. The van der Waals surface area contributed by atoms with Gasteiger partial charge in [0.2, 0.25) is 0 Å². The highest BCUT2D eigenvalue weighted by atomic mass is 31.2. The summed E-state index contributed by atoms with van der Waals surface area (Å²) in [6, 6.07) is 20.5. The Bertz CT molecular complexity index is 971. The van der Waals surface area contributed by atoms with Gasteiger partial charge in [-0.3, -0.25) is 4.57 Å². The molecule has 0 radical (unpaired) electrons. The van der Waals surface area contributed by atoms with E-state index in [4.69, 9.17) is 10.2 Å². The van der Waals surface area contributed by atoms with Crippen molar-refractivity contribution < 1.29 is 24.4 Å². The summed E-state index contributed by atoms with van der Waals surface area (Å²) < 4.78 is 13.7. The minimum atomic E-state index is -3.39. The van der Waals surface area contributed by atoms with Gasteiger partial charge in [0.1, 0.15) is 0 Å². The second-order valence-corrected chi connectivity index (χ2v) is 8.12. The summed E-state index contributed by atoms with van der Waals surface area (Å²) in [6.45, 7) is 0. The van der Waals surface area contributed by atoms with Crippen LogP contribution in [0.5, 0.6) is 0 Å². The first-order valence-electron chi connectivity index (χ1n) is 8.26. The first-order valence-corrected chi connectivity index (χ1v) is 9.97. The Morgan fingerprint density at radius 3 is 1.39 bits per heavy atom. The van der Waals surface area contributed by atoms with E-state index >= 15 is 0 Å². The number of aromatic carboxylic acids is 2. The summed E-state index contributed by atoms with van der Waals surface area (Å²) in [5.41, 5.74) is 1.20. The zero-order valence-corrected chi connectivity index (χ0v) is 15.5. The van der Waals surface area contributed by atoms with Crippen molar-refractivity contribution >= 4 is 36.1 Å². The molecule has 0 saturated heterocycles. The Kier molecular flexibility index (Phi) is 5.47. The van der Waals surface area contributed by atoms with Gasteiger partial charge in [0.05, 0.1) is 16.4 Å². The van der Waals surface area contributed by atoms with Crippen molar-refractivity contribution in [1.82, 2.24) is 0 Å². The van der Waals surface area contributed by atoms with Gasteiger partial charge in [-0.25, -0.2) is 9.59 Å². The molecule has 4 N–H and O–H groups in total. The monoisotopic (exact) mass is 396 g/mol. The molecule has 0 fully saturated rings. The molecule has 0 aliphatic carbocycles. The highest BCUT2D eigenvalue weighted by Gasteiger charge is 2.25. The van der Waals surface area contributed by atoms with Crippen LogP contribution >= 0.6 is 7.44 Å². The highest BCUT2D eigenvalue weighted by Crippen LogP contribution is 2.44. The van der Waals surface area contributed by atoms with Crippen LogP contribution in [0.25, 0.3) is 0 Å². The highest BCUT2D eigenvalue weighted by molar-refractivity contribution is 7.74. The zero-order valence-electron chi connectivity index (χ0n) is 14.6. The average Bonchev–Trinajstić information content (AvgIpc) is 2.69. The Morgan fingerprint density at radius 2 is 1.04 bits per heavy atom. The molecular weight excluding hydrogens is 379 g/mol. The van der Waals surface area contributed by atoms with E-state index in [1.807, 2.05) is 0 Å². The third-order valence-corrected chi connectivity index (χ3v) is 6.13. The molecule has 0 amide bonds. The normalized spacial score (nSPS) is 10.9. The molecule has 3 rings (SSSR count). The van der Waals surface area contributed by atoms with E-state index in [0.29, 0.717) is 16.7 Å². The zero-order chi connectivity index (χ0) is 20.1. The van der Waals surface area contributed by atoms with Crippen LogP contribution in [0.1, 0.15) is 20.7 Å². The molecule has 3 aromatic rings. The first kappa shape index (κ1) is 19.2. The molecule has 0 aliphatic rings. The maximum atomic E-state index is 13.7. The van der Waals surface area contributed by atoms with Gasteiger partial charge in [-0.15, -0.1) is 0 Å². The number of carbonyl (C=O) groups is 2. The fourth-order valence-corrected chi connectivity index (χ4v) is 4.46. The van der Waals surface area contributed by atoms with Crippen LogP contribution in [0.4, 0.5) is 11.4 Å². The van der Waals surface area contributed by atoms with Crippen LogP contribution in [0.2, 0.25) is 0 Å². The van der Waals surface area contributed by atoms with Crippen molar-refractivity contribution in [2.75, 3.05) is 10.2 Å². The third-order valence-electron chi connectivity index (χ3n) is 3.96. The van der Waals surface area contributed by atoms with Crippen molar-refractivity contribution in [3.63, 3.8) is 0 Å². The molecule has 28 heavy (non-hydrogen) atoms. The van der Waals surface area contributed by atoms with E-state index in [2.05, 4.69) is 10.2 Å². The van der Waals surface area contributed by atoms with Crippen LogP contribution < -0.4 is 15.5 Å². The molecule has 0 atom stereocenters. The Hall–Kier alpha value is -3.57. The number of carboxylic acid groups (broad SMARTS) is 2. The lowest BCUT2D eigenvalue weighted by Gasteiger charge is -2.23. The Labute approximate surface area is 161 Å². The number of hydrogen-bond acceptors (Lipinski definition) is 3. The molecule has 0 unspecified atom stereocenters. The van der Waals surface area contributed by atoms with Gasteiger partial charge in [-0.2, -0.15) is 0 Å². The van der Waals surface area contributed by atoms with Gasteiger partial charge in [0.15, 0.2) is 0 Å². The number of carboxylic acids is 2. The third kappa shape index (κ3) is 4.39. The van der Waals surface area contributed by atoms with E-state index in [9.17, 15) is 14.2 Å². The summed E-state index contributed by atoms with van der Waals surface area (Å²) in [4.78, 5) is 22.0. The molecule has 3 aromatic carbocycles. The van der Waals surface area contributed by atoms with Crippen molar-refractivity contribution in [3.8, 4) is 0 Å². The minimum absolute atomic E-state index is 0.123. The molecule has 0 aromatic heterocycles. The van der Waals surface area contributed by atoms with Gasteiger partial charge in [-0.1, -0.05) is 18.2 Å². The van der Waals surface area contributed by atoms with Gasteiger partial charge in [0, 0.05) is 11.4 Å². The Balaban J connectivity index is 1.92.